The first kappa shape index (κ1) is 10.5. The Bertz CT molecular complexity index is 417. The van der Waals surface area contributed by atoms with Gasteiger partial charge in [-0.25, -0.2) is 0 Å². The third kappa shape index (κ3) is 1.82. The zero-order valence-electron chi connectivity index (χ0n) is 7.28. The van der Waals surface area contributed by atoms with Crippen molar-refractivity contribution in [2.75, 3.05) is 0 Å². The SMILES string of the molecule is Cc1cc(C(N)=O)cc([N+](=O)[O-])c1Cl. The van der Waals surface area contributed by atoms with Gasteiger partial charge >= 0.3 is 0 Å². The van der Waals surface area contributed by atoms with Crippen molar-refractivity contribution < 1.29 is 9.72 Å². The van der Waals surface area contributed by atoms with Crippen LogP contribution in [0.2, 0.25) is 5.02 Å². The summed E-state index contributed by atoms with van der Waals surface area (Å²) in [4.78, 5) is 20.7. The van der Waals surface area contributed by atoms with Crippen molar-refractivity contribution in [3.63, 3.8) is 0 Å². The second-order valence-corrected chi connectivity index (χ2v) is 3.13. The Kier molecular flexibility index (Phi) is 2.71. The molecular formula is C8H7ClN2O3. The van der Waals surface area contributed by atoms with E-state index < -0.39 is 10.8 Å². The summed E-state index contributed by atoms with van der Waals surface area (Å²) in [6.45, 7) is 1.57. The summed E-state index contributed by atoms with van der Waals surface area (Å²) in [7, 11) is 0. The van der Waals surface area contributed by atoms with Gasteiger partial charge in [0.1, 0.15) is 5.02 Å². The van der Waals surface area contributed by atoms with Gasteiger partial charge in [-0.05, 0) is 18.6 Å². The van der Waals surface area contributed by atoms with E-state index in [1.165, 1.54) is 6.07 Å². The average Bonchev–Trinajstić information content (AvgIpc) is 2.08. The molecule has 0 spiro atoms. The molecule has 0 aliphatic heterocycles. The van der Waals surface area contributed by atoms with Gasteiger partial charge in [0.05, 0.1) is 4.92 Å². The molecule has 14 heavy (non-hydrogen) atoms. The molecule has 0 unspecified atom stereocenters. The van der Waals surface area contributed by atoms with E-state index in [0.717, 1.165) is 6.07 Å². The third-order valence-corrected chi connectivity index (χ3v) is 2.21. The van der Waals surface area contributed by atoms with E-state index in [1.807, 2.05) is 0 Å². The van der Waals surface area contributed by atoms with Crippen LogP contribution in [-0.2, 0) is 0 Å². The lowest BCUT2D eigenvalue weighted by molar-refractivity contribution is -0.384. The van der Waals surface area contributed by atoms with Crippen LogP contribution in [0.15, 0.2) is 12.1 Å². The predicted molar refractivity (Wildman–Crippen MR) is 51.4 cm³/mol. The van der Waals surface area contributed by atoms with Crippen LogP contribution < -0.4 is 5.73 Å². The molecule has 5 nitrogen and oxygen atoms in total. The molecule has 0 aliphatic rings. The Morgan fingerprint density at radius 1 is 1.57 bits per heavy atom. The van der Waals surface area contributed by atoms with E-state index >= 15 is 0 Å². The standard InChI is InChI=1S/C8H7ClN2O3/c1-4-2-5(8(10)12)3-6(7(4)9)11(13)14/h2-3H,1H3,(H2,10,12). The van der Waals surface area contributed by atoms with Crippen molar-refractivity contribution in [2.24, 2.45) is 5.73 Å². The molecule has 0 aliphatic carbocycles. The highest BCUT2D eigenvalue weighted by atomic mass is 35.5. The molecule has 0 heterocycles. The number of nitro benzene ring substituents is 1. The first-order valence-electron chi connectivity index (χ1n) is 3.68. The Balaban J connectivity index is 3.43. The topological polar surface area (TPSA) is 86.2 Å². The lowest BCUT2D eigenvalue weighted by Gasteiger charge is -2.01. The summed E-state index contributed by atoms with van der Waals surface area (Å²) in [6.07, 6.45) is 0. The number of hydrogen-bond acceptors (Lipinski definition) is 3. The van der Waals surface area contributed by atoms with E-state index in [-0.39, 0.29) is 16.3 Å². The van der Waals surface area contributed by atoms with Crippen molar-refractivity contribution in [1.82, 2.24) is 0 Å². The maximum absolute atomic E-state index is 10.8. The molecule has 0 atom stereocenters. The van der Waals surface area contributed by atoms with E-state index in [2.05, 4.69) is 0 Å². The largest absolute Gasteiger partial charge is 0.366 e. The number of nitrogens with two attached hydrogens (primary N) is 1. The van der Waals surface area contributed by atoms with Gasteiger partial charge < -0.3 is 5.73 Å². The Labute approximate surface area is 84.6 Å². The van der Waals surface area contributed by atoms with Crippen molar-refractivity contribution in [2.45, 2.75) is 6.92 Å². The zero-order chi connectivity index (χ0) is 10.9. The van der Waals surface area contributed by atoms with E-state index in [0.29, 0.717) is 5.56 Å². The minimum atomic E-state index is -0.715. The van der Waals surface area contributed by atoms with Crippen molar-refractivity contribution in [3.05, 3.63) is 38.4 Å². The van der Waals surface area contributed by atoms with Crippen LogP contribution in [0.25, 0.3) is 0 Å². The molecule has 1 aromatic rings. The molecule has 2 N–H and O–H groups in total. The van der Waals surface area contributed by atoms with Crippen LogP contribution in [0.3, 0.4) is 0 Å². The first-order chi connectivity index (χ1) is 6.43. The summed E-state index contributed by atoms with van der Waals surface area (Å²) >= 11 is 5.67. The number of nitro groups is 1. The number of rotatable bonds is 2. The van der Waals surface area contributed by atoms with Crippen molar-refractivity contribution in [3.8, 4) is 0 Å². The fraction of sp³-hybridized carbons (Fsp3) is 0.125. The predicted octanol–water partition coefficient (Wildman–Crippen LogP) is 1.66. The number of halogens is 1. The molecule has 74 valence electrons. The van der Waals surface area contributed by atoms with Crippen LogP contribution in [0.5, 0.6) is 0 Å². The molecule has 0 fully saturated rings. The van der Waals surface area contributed by atoms with Crippen LogP contribution >= 0.6 is 11.6 Å². The lowest BCUT2D eigenvalue weighted by atomic mass is 10.1. The van der Waals surface area contributed by atoms with Gasteiger partial charge in [0.15, 0.2) is 0 Å². The van der Waals surface area contributed by atoms with Gasteiger partial charge in [-0.3, -0.25) is 14.9 Å². The molecule has 0 aromatic heterocycles. The highest BCUT2D eigenvalue weighted by molar-refractivity contribution is 6.33. The summed E-state index contributed by atoms with van der Waals surface area (Å²) < 4.78 is 0. The molecule has 6 heteroatoms. The van der Waals surface area contributed by atoms with Crippen LogP contribution in [-0.4, -0.2) is 10.8 Å². The maximum Gasteiger partial charge on any atom is 0.288 e. The number of benzene rings is 1. The van der Waals surface area contributed by atoms with Crippen LogP contribution in [0.1, 0.15) is 15.9 Å². The van der Waals surface area contributed by atoms with Gasteiger partial charge in [0.2, 0.25) is 5.91 Å². The van der Waals surface area contributed by atoms with Gasteiger partial charge in [-0.1, -0.05) is 11.6 Å². The normalized spacial score (nSPS) is 9.86. The van der Waals surface area contributed by atoms with Gasteiger partial charge in [0, 0.05) is 11.6 Å². The Morgan fingerprint density at radius 2 is 2.14 bits per heavy atom. The molecule has 1 aromatic carbocycles. The highest BCUT2D eigenvalue weighted by Crippen LogP contribution is 2.28. The second kappa shape index (κ2) is 3.63. The molecule has 0 saturated heterocycles. The van der Waals surface area contributed by atoms with Crippen LogP contribution in [0.4, 0.5) is 5.69 Å². The van der Waals surface area contributed by atoms with Gasteiger partial charge in [-0.2, -0.15) is 0 Å². The van der Waals surface area contributed by atoms with Crippen molar-refractivity contribution in [1.29, 1.82) is 0 Å². The average molecular weight is 215 g/mol. The summed E-state index contributed by atoms with van der Waals surface area (Å²) in [5, 5.41) is 10.5. The molecule has 0 radical (unpaired) electrons. The number of nitrogens with zero attached hydrogens (tertiary/aromatic N) is 1. The molecular weight excluding hydrogens is 208 g/mol. The fourth-order valence-corrected chi connectivity index (χ4v) is 1.20. The third-order valence-electron chi connectivity index (χ3n) is 1.72. The number of carbonyl (C=O) groups is 1. The maximum atomic E-state index is 10.8. The monoisotopic (exact) mass is 214 g/mol. The highest BCUT2D eigenvalue weighted by Gasteiger charge is 2.17. The van der Waals surface area contributed by atoms with Gasteiger partial charge in [-0.15, -0.1) is 0 Å². The lowest BCUT2D eigenvalue weighted by Crippen LogP contribution is -2.11. The number of carbonyl (C=O) groups excluding carboxylic acids is 1. The summed E-state index contributed by atoms with van der Waals surface area (Å²) in [5.74, 6) is -0.715. The molecule has 1 amide bonds. The summed E-state index contributed by atoms with van der Waals surface area (Å²) in [6, 6.07) is 2.48. The Morgan fingerprint density at radius 3 is 2.57 bits per heavy atom. The number of primary amides is 1. The molecule has 0 bridgehead atoms. The molecule has 0 saturated carbocycles. The first-order valence-corrected chi connectivity index (χ1v) is 4.05. The number of aryl methyl sites for hydroxylation is 1. The van der Waals surface area contributed by atoms with Crippen LogP contribution in [0, 0.1) is 17.0 Å². The minimum absolute atomic E-state index is 0.0278. The van der Waals surface area contributed by atoms with Crippen molar-refractivity contribution >= 4 is 23.2 Å². The quantitative estimate of drug-likeness (QED) is 0.600. The second-order valence-electron chi connectivity index (χ2n) is 2.75. The fourth-order valence-electron chi connectivity index (χ4n) is 1.03. The zero-order valence-corrected chi connectivity index (χ0v) is 8.04. The minimum Gasteiger partial charge on any atom is -0.366 e. The van der Waals surface area contributed by atoms with E-state index in [9.17, 15) is 14.9 Å². The number of amides is 1. The Hall–Kier alpha value is -1.62. The van der Waals surface area contributed by atoms with Gasteiger partial charge in [0.25, 0.3) is 5.69 Å². The smallest absolute Gasteiger partial charge is 0.288 e. The van der Waals surface area contributed by atoms with E-state index in [1.54, 1.807) is 6.92 Å². The van der Waals surface area contributed by atoms with E-state index in [4.69, 9.17) is 17.3 Å². The molecule has 1 rings (SSSR count). The number of hydrogen-bond donors (Lipinski definition) is 1. The summed E-state index contributed by atoms with van der Waals surface area (Å²) in [5.41, 5.74) is 5.23.